The van der Waals surface area contributed by atoms with Crippen molar-refractivity contribution in [2.24, 2.45) is 0 Å². The molecule has 1 N–H and O–H groups in total. The molecule has 17 heavy (non-hydrogen) atoms. The third-order valence-corrected chi connectivity index (χ3v) is 3.42. The number of ether oxygens (including phenoxy) is 1. The van der Waals surface area contributed by atoms with Crippen molar-refractivity contribution >= 4 is 0 Å². The van der Waals surface area contributed by atoms with Crippen LogP contribution >= 0.6 is 0 Å². The van der Waals surface area contributed by atoms with Gasteiger partial charge < -0.3 is 10.1 Å². The minimum atomic E-state index is 0.338. The lowest BCUT2D eigenvalue weighted by atomic mass is 10.0. The Morgan fingerprint density at radius 3 is 2.82 bits per heavy atom. The van der Waals surface area contributed by atoms with Gasteiger partial charge in [0.1, 0.15) is 11.9 Å². The molecule has 0 aliphatic carbocycles. The van der Waals surface area contributed by atoms with Crippen LogP contribution in [0.2, 0.25) is 0 Å². The van der Waals surface area contributed by atoms with E-state index in [1.54, 1.807) is 0 Å². The molecule has 94 valence electrons. The van der Waals surface area contributed by atoms with E-state index in [9.17, 15) is 0 Å². The summed E-state index contributed by atoms with van der Waals surface area (Å²) in [5.41, 5.74) is 2.59. The third-order valence-electron chi connectivity index (χ3n) is 3.42. The second-order valence-corrected chi connectivity index (χ2v) is 5.27. The van der Waals surface area contributed by atoms with E-state index in [2.05, 4.69) is 44.3 Å². The zero-order chi connectivity index (χ0) is 12.3. The molecule has 1 heterocycles. The molecule has 1 aliphatic heterocycles. The summed E-state index contributed by atoms with van der Waals surface area (Å²) in [6.45, 7) is 8.67. The van der Waals surface area contributed by atoms with Gasteiger partial charge in [0, 0.05) is 6.54 Å². The number of hydrogen-bond acceptors (Lipinski definition) is 2. The van der Waals surface area contributed by atoms with E-state index in [0.29, 0.717) is 12.0 Å². The fourth-order valence-electron chi connectivity index (χ4n) is 2.20. The van der Waals surface area contributed by atoms with E-state index in [0.717, 1.165) is 18.8 Å². The molecule has 1 aromatic carbocycles. The number of piperidine rings is 1. The average molecular weight is 233 g/mol. The van der Waals surface area contributed by atoms with E-state index in [1.165, 1.54) is 24.0 Å². The summed E-state index contributed by atoms with van der Waals surface area (Å²) < 4.78 is 6.11. The third kappa shape index (κ3) is 3.22. The number of benzene rings is 1. The van der Waals surface area contributed by atoms with Crippen LogP contribution in [0.4, 0.5) is 0 Å². The lowest BCUT2D eigenvalue weighted by molar-refractivity contribution is 0.166. The highest BCUT2D eigenvalue weighted by Gasteiger charge is 2.15. The first kappa shape index (κ1) is 12.4. The van der Waals surface area contributed by atoms with Crippen molar-refractivity contribution in [1.82, 2.24) is 5.32 Å². The fraction of sp³-hybridized carbons (Fsp3) is 0.600. The summed E-state index contributed by atoms with van der Waals surface area (Å²) in [7, 11) is 0. The SMILES string of the molecule is Cc1ccc(C(C)C)cc1O[C@@H]1CCCNC1. The van der Waals surface area contributed by atoms with Crippen LogP contribution in [0.5, 0.6) is 5.75 Å². The van der Waals surface area contributed by atoms with Crippen LogP contribution in [-0.4, -0.2) is 19.2 Å². The van der Waals surface area contributed by atoms with E-state index >= 15 is 0 Å². The fourth-order valence-corrected chi connectivity index (χ4v) is 2.20. The van der Waals surface area contributed by atoms with E-state index in [-0.39, 0.29) is 0 Å². The second-order valence-electron chi connectivity index (χ2n) is 5.27. The largest absolute Gasteiger partial charge is 0.489 e. The molecule has 0 amide bonds. The van der Waals surface area contributed by atoms with Gasteiger partial charge >= 0.3 is 0 Å². The summed E-state index contributed by atoms with van der Waals surface area (Å²) in [6, 6.07) is 6.57. The van der Waals surface area contributed by atoms with Gasteiger partial charge in [-0.3, -0.25) is 0 Å². The van der Waals surface area contributed by atoms with Crippen molar-refractivity contribution in [3.05, 3.63) is 29.3 Å². The molecule has 1 aromatic rings. The zero-order valence-corrected chi connectivity index (χ0v) is 11.1. The topological polar surface area (TPSA) is 21.3 Å². The Kier molecular flexibility index (Phi) is 4.06. The summed E-state index contributed by atoms with van der Waals surface area (Å²) in [6.07, 6.45) is 2.72. The van der Waals surface area contributed by atoms with Gasteiger partial charge in [0.2, 0.25) is 0 Å². The summed E-state index contributed by atoms with van der Waals surface area (Å²) in [4.78, 5) is 0. The molecule has 1 aliphatic rings. The van der Waals surface area contributed by atoms with Gasteiger partial charge in [-0.2, -0.15) is 0 Å². The predicted octanol–water partition coefficient (Wildman–Crippen LogP) is 3.25. The zero-order valence-electron chi connectivity index (χ0n) is 11.1. The van der Waals surface area contributed by atoms with E-state index in [4.69, 9.17) is 4.74 Å². The molecular formula is C15H23NO. The minimum absolute atomic E-state index is 0.338. The van der Waals surface area contributed by atoms with Gasteiger partial charge in [-0.15, -0.1) is 0 Å². The molecular weight excluding hydrogens is 210 g/mol. The summed E-state index contributed by atoms with van der Waals surface area (Å²) in [5, 5.41) is 3.39. The molecule has 2 heteroatoms. The first-order valence-corrected chi connectivity index (χ1v) is 6.64. The molecule has 1 atom stereocenters. The van der Waals surface area contributed by atoms with Crippen LogP contribution in [0, 0.1) is 6.92 Å². The Morgan fingerprint density at radius 1 is 1.35 bits per heavy atom. The van der Waals surface area contributed by atoms with E-state index in [1.807, 2.05) is 0 Å². The maximum atomic E-state index is 6.11. The molecule has 0 aromatic heterocycles. The van der Waals surface area contributed by atoms with Gasteiger partial charge in [-0.05, 0) is 49.4 Å². The van der Waals surface area contributed by atoms with Crippen LogP contribution in [0.1, 0.15) is 43.7 Å². The van der Waals surface area contributed by atoms with Crippen molar-refractivity contribution in [2.45, 2.75) is 45.6 Å². The highest BCUT2D eigenvalue weighted by molar-refractivity contribution is 5.38. The Labute approximate surface area is 104 Å². The van der Waals surface area contributed by atoms with Crippen LogP contribution in [0.15, 0.2) is 18.2 Å². The first-order chi connectivity index (χ1) is 8.16. The minimum Gasteiger partial charge on any atom is -0.489 e. The van der Waals surface area contributed by atoms with Crippen molar-refractivity contribution in [2.75, 3.05) is 13.1 Å². The van der Waals surface area contributed by atoms with E-state index < -0.39 is 0 Å². The Balaban J connectivity index is 2.10. The number of nitrogens with one attached hydrogen (secondary N) is 1. The number of hydrogen-bond donors (Lipinski definition) is 1. The van der Waals surface area contributed by atoms with Gasteiger partial charge in [0.05, 0.1) is 0 Å². The lowest BCUT2D eigenvalue weighted by Crippen LogP contribution is -2.37. The van der Waals surface area contributed by atoms with Crippen LogP contribution < -0.4 is 10.1 Å². The normalized spacial score (nSPS) is 20.6. The summed E-state index contributed by atoms with van der Waals surface area (Å²) in [5.74, 6) is 1.62. The van der Waals surface area contributed by atoms with Crippen molar-refractivity contribution in [3.63, 3.8) is 0 Å². The standard InChI is InChI=1S/C15H23NO/c1-11(2)13-7-6-12(3)15(9-13)17-14-5-4-8-16-10-14/h6-7,9,11,14,16H,4-5,8,10H2,1-3H3/t14-/m1/s1. The second kappa shape index (κ2) is 5.54. The first-order valence-electron chi connectivity index (χ1n) is 6.64. The van der Waals surface area contributed by atoms with Gasteiger partial charge in [-0.25, -0.2) is 0 Å². The molecule has 1 saturated heterocycles. The predicted molar refractivity (Wildman–Crippen MR) is 71.8 cm³/mol. The van der Waals surface area contributed by atoms with Crippen molar-refractivity contribution in [1.29, 1.82) is 0 Å². The number of aryl methyl sites for hydroxylation is 1. The molecule has 0 unspecified atom stereocenters. The molecule has 0 radical (unpaired) electrons. The van der Waals surface area contributed by atoms with Gasteiger partial charge in [0.15, 0.2) is 0 Å². The average Bonchev–Trinajstić information content (AvgIpc) is 2.33. The number of rotatable bonds is 3. The van der Waals surface area contributed by atoms with Crippen molar-refractivity contribution < 1.29 is 4.74 Å². The van der Waals surface area contributed by atoms with Gasteiger partial charge in [-0.1, -0.05) is 26.0 Å². The Morgan fingerprint density at radius 2 is 2.18 bits per heavy atom. The Hall–Kier alpha value is -1.02. The monoisotopic (exact) mass is 233 g/mol. The molecule has 2 rings (SSSR count). The molecule has 2 nitrogen and oxygen atoms in total. The maximum Gasteiger partial charge on any atom is 0.122 e. The van der Waals surface area contributed by atoms with Crippen LogP contribution in [0.25, 0.3) is 0 Å². The smallest absolute Gasteiger partial charge is 0.122 e. The van der Waals surface area contributed by atoms with Gasteiger partial charge in [0.25, 0.3) is 0 Å². The molecule has 1 fully saturated rings. The van der Waals surface area contributed by atoms with Crippen molar-refractivity contribution in [3.8, 4) is 5.75 Å². The lowest BCUT2D eigenvalue weighted by Gasteiger charge is -2.25. The molecule has 0 bridgehead atoms. The quantitative estimate of drug-likeness (QED) is 0.865. The summed E-state index contributed by atoms with van der Waals surface area (Å²) >= 11 is 0. The molecule has 0 saturated carbocycles. The highest BCUT2D eigenvalue weighted by atomic mass is 16.5. The maximum absolute atomic E-state index is 6.11. The van der Waals surface area contributed by atoms with Crippen LogP contribution in [0.3, 0.4) is 0 Å². The molecule has 0 spiro atoms. The highest BCUT2D eigenvalue weighted by Crippen LogP contribution is 2.26. The Bertz CT molecular complexity index is 367. The van der Waals surface area contributed by atoms with Crippen LogP contribution in [-0.2, 0) is 0 Å².